The van der Waals surface area contributed by atoms with Crippen LogP contribution in [0, 0.1) is 13.8 Å². The lowest BCUT2D eigenvalue weighted by molar-refractivity contribution is -0.124. The number of para-hydroxylation sites is 1. The highest BCUT2D eigenvalue weighted by atomic mass is 16.2. The first-order valence-electron chi connectivity index (χ1n) is 9.01. The van der Waals surface area contributed by atoms with Gasteiger partial charge in [0.1, 0.15) is 0 Å². The van der Waals surface area contributed by atoms with Gasteiger partial charge in [0.15, 0.2) is 0 Å². The maximum absolute atomic E-state index is 12.4. The highest BCUT2D eigenvalue weighted by Crippen LogP contribution is 2.19. The lowest BCUT2D eigenvalue weighted by Crippen LogP contribution is -2.27. The number of hydrogen-bond donors (Lipinski definition) is 0. The Morgan fingerprint density at radius 3 is 2.56 bits per heavy atom. The van der Waals surface area contributed by atoms with Crippen molar-refractivity contribution in [2.24, 2.45) is 0 Å². The number of nitrogens with zero attached hydrogens (tertiary/aromatic N) is 4. The topological polar surface area (TPSA) is 51.0 Å². The fourth-order valence-corrected chi connectivity index (χ4v) is 2.94. The van der Waals surface area contributed by atoms with E-state index in [1.807, 2.05) is 80.2 Å². The molecule has 2 heterocycles. The largest absolute Gasteiger partial charge is 0.342 e. The summed E-state index contributed by atoms with van der Waals surface area (Å²) in [5.74, 6) is -0.0304. The van der Waals surface area contributed by atoms with Crippen LogP contribution in [0.15, 0.2) is 60.8 Å². The molecule has 138 valence electrons. The van der Waals surface area contributed by atoms with E-state index in [9.17, 15) is 4.79 Å². The Morgan fingerprint density at radius 1 is 1.11 bits per heavy atom. The Hall–Kier alpha value is -3.21. The van der Waals surface area contributed by atoms with Crippen LogP contribution in [0.4, 0.5) is 0 Å². The van der Waals surface area contributed by atoms with Crippen molar-refractivity contribution in [3.05, 3.63) is 83.4 Å². The van der Waals surface area contributed by atoms with Crippen molar-refractivity contribution in [3.8, 4) is 5.69 Å². The Balaban J connectivity index is 1.68. The molecule has 0 N–H and O–H groups in total. The molecule has 0 unspecified atom stereocenters. The van der Waals surface area contributed by atoms with Gasteiger partial charge >= 0.3 is 0 Å². The molecular weight excluding hydrogens is 336 g/mol. The van der Waals surface area contributed by atoms with E-state index in [0.29, 0.717) is 6.54 Å². The molecule has 3 aromatic rings. The minimum atomic E-state index is -0.0304. The van der Waals surface area contributed by atoms with Gasteiger partial charge in [-0.3, -0.25) is 9.78 Å². The quantitative estimate of drug-likeness (QED) is 0.631. The van der Waals surface area contributed by atoms with Crippen LogP contribution in [-0.2, 0) is 11.2 Å². The average Bonchev–Trinajstić information content (AvgIpc) is 2.99. The molecule has 0 bridgehead atoms. The minimum Gasteiger partial charge on any atom is -0.342 e. The number of rotatable bonds is 6. The Morgan fingerprint density at radius 2 is 1.85 bits per heavy atom. The van der Waals surface area contributed by atoms with Gasteiger partial charge in [0, 0.05) is 49.2 Å². The Kier molecular flexibility index (Phi) is 5.81. The van der Waals surface area contributed by atoms with Gasteiger partial charge in [0.05, 0.1) is 11.4 Å². The lowest BCUT2D eigenvalue weighted by Gasteiger charge is -2.14. The summed E-state index contributed by atoms with van der Waals surface area (Å²) in [7, 11) is 1.81. The van der Waals surface area contributed by atoms with Crippen LogP contribution < -0.4 is 0 Å². The summed E-state index contributed by atoms with van der Waals surface area (Å²) in [4.78, 5) is 18.4. The van der Waals surface area contributed by atoms with Crippen LogP contribution in [0.3, 0.4) is 0 Å². The normalized spacial score (nSPS) is 11.1. The summed E-state index contributed by atoms with van der Waals surface area (Å²) in [6.07, 6.45) is 5.98. The van der Waals surface area contributed by atoms with Crippen molar-refractivity contribution in [1.82, 2.24) is 19.7 Å². The molecule has 0 fully saturated rings. The molecule has 2 aromatic heterocycles. The van der Waals surface area contributed by atoms with Crippen LogP contribution in [0.2, 0.25) is 0 Å². The van der Waals surface area contributed by atoms with E-state index < -0.39 is 0 Å². The van der Waals surface area contributed by atoms with Gasteiger partial charge in [-0.25, -0.2) is 4.68 Å². The molecule has 0 atom stereocenters. The standard InChI is InChI=1S/C22H24N4O/c1-17-21(18(2)26(24-17)20-10-5-4-6-11-20)12-13-22(27)25(3)16-14-19-9-7-8-15-23-19/h4-13,15H,14,16H2,1-3H3/b13-12+. The van der Waals surface area contributed by atoms with Crippen LogP contribution in [0.1, 0.15) is 22.6 Å². The summed E-state index contributed by atoms with van der Waals surface area (Å²) in [5, 5.41) is 4.61. The van der Waals surface area contributed by atoms with Gasteiger partial charge in [-0.2, -0.15) is 5.10 Å². The van der Waals surface area contributed by atoms with Gasteiger partial charge in [0.25, 0.3) is 0 Å². The van der Waals surface area contributed by atoms with E-state index in [1.54, 1.807) is 17.2 Å². The summed E-state index contributed by atoms with van der Waals surface area (Å²) in [6.45, 7) is 4.60. The number of aryl methyl sites for hydroxylation is 1. The molecule has 27 heavy (non-hydrogen) atoms. The summed E-state index contributed by atoms with van der Waals surface area (Å²) >= 11 is 0. The second-order valence-corrected chi connectivity index (χ2v) is 6.50. The SMILES string of the molecule is Cc1nn(-c2ccccc2)c(C)c1/C=C/C(=O)N(C)CCc1ccccn1. The average molecular weight is 360 g/mol. The number of aromatic nitrogens is 3. The lowest BCUT2D eigenvalue weighted by atomic mass is 10.1. The zero-order valence-electron chi connectivity index (χ0n) is 16.0. The Bertz CT molecular complexity index is 930. The zero-order chi connectivity index (χ0) is 19.2. The third kappa shape index (κ3) is 4.50. The smallest absolute Gasteiger partial charge is 0.246 e. The van der Waals surface area contributed by atoms with Crippen molar-refractivity contribution in [1.29, 1.82) is 0 Å². The van der Waals surface area contributed by atoms with Crippen molar-refractivity contribution >= 4 is 12.0 Å². The first-order chi connectivity index (χ1) is 13.1. The molecule has 1 amide bonds. The second-order valence-electron chi connectivity index (χ2n) is 6.50. The number of amides is 1. The molecule has 0 aliphatic heterocycles. The third-order valence-corrected chi connectivity index (χ3v) is 4.55. The van der Waals surface area contributed by atoms with E-state index in [2.05, 4.69) is 10.1 Å². The number of carbonyl (C=O) groups excluding carboxylic acids is 1. The molecule has 0 spiro atoms. The predicted molar refractivity (Wildman–Crippen MR) is 108 cm³/mol. The highest BCUT2D eigenvalue weighted by molar-refractivity contribution is 5.91. The number of pyridine rings is 1. The van der Waals surface area contributed by atoms with Crippen LogP contribution in [-0.4, -0.2) is 39.2 Å². The van der Waals surface area contributed by atoms with Gasteiger partial charge < -0.3 is 4.90 Å². The maximum atomic E-state index is 12.4. The molecule has 5 heteroatoms. The second kappa shape index (κ2) is 8.45. The third-order valence-electron chi connectivity index (χ3n) is 4.55. The molecule has 0 radical (unpaired) electrons. The van der Waals surface area contributed by atoms with Gasteiger partial charge in [0.2, 0.25) is 5.91 Å². The van der Waals surface area contributed by atoms with Crippen LogP contribution in [0.5, 0.6) is 0 Å². The first-order valence-corrected chi connectivity index (χ1v) is 9.01. The molecule has 0 saturated heterocycles. The number of likely N-dealkylation sites (N-methyl/N-ethyl adjacent to an activating group) is 1. The van der Waals surface area contributed by atoms with E-state index in [0.717, 1.165) is 34.8 Å². The molecular formula is C22H24N4O. The fraction of sp³-hybridized carbons (Fsp3) is 0.227. The van der Waals surface area contributed by atoms with Crippen LogP contribution >= 0.6 is 0 Å². The fourth-order valence-electron chi connectivity index (χ4n) is 2.94. The molecule has 3 rings (SSSR count). The highest BCUT2D eigenvalue weighted by Gasteiger charge is 2.11. The van der Waals surface area contributed by atoms with E-state index in [1.165, 1.54) is 0 Å². The van der Waals surface area contributed by atoms with Gasteiger partial charge in [-0.15, -0.1) is 0 Å². The summed E-state index contributed by atoms with van der Waals surface area (Å²) in [6, 6.07) is 15.8. The first kappa shape index (κ1) is 18.6. The number of hydrogen-bond acceptors (Lipinski definition) is 3. The monoisotopic (exact) mass is 360 g/mol. The number of carbonyl (C=O) groups is 1. The maximum Gasteiger partial charge on any atom is 0.246 e. The van der Waals surface area contributed by atoms with Gasteiger partial charge in [-0.05, 0) is 44.2 Å². The zero-order valence-corrected chi connectivity index (χ0v) is 16.0. The molecule has 1 aromatic carbocycles. The van der Waals surface area contributed by atoms with Crippen molar-refractivity contribution in [2.75, 3.05) is 13.6 Å². The van der Waals surface area contributed by atoms with E-state index in [4.69, 9.17) is 0 Å². The summed E-state index contributed by atoms with van der Waals surface area (Å²) < 4.78 is 1.91. The predicted octanol–water partition coefficient (Wildman–Crippen LogP) is 3.60. The van der Waals surface area contributed by atoms with Gasteiger partial charge in [-0.1, -0.05) is 24.3 Å². The molecule has 0 saturated carbocycles. The molecule has 5 nitrogen and oxygen atoms in total. The van der Waals surface area contributed by atoms with Crippen molar-refractivity contribution in [2.45, 2.75) is 20.3 Å². The molecule has 0 aliphatic rings. The van der Waals surface area contributed by atoms with E-state index in [-0.39, 0.29) is 5.91 Å². The summed E-state index contributed by atoms with van der Waals surface area (Å²) in [5.41, 5.74) is 4.88. The van der Waals surface area contributed by atoms with Crippen molar-refractivity contribution in [3.63, 3.8) is 0 Å². The van der Waals surface area contributed by atoms with Crippen molar-refractivity contribution < 1.29 is 4.79 Å². The minimum absolute atomic E-state index is 0.0304. The van der Waals surface area contributed by atoms with E-state index >= 15 is 0 Å². The Labute approximate surface area is 160 Å². The number of benzene rings is 1. The van der Waals surface area contributed by atoms with Crippen LogP contribution in [0.25, 0.3) is 11.8 Å². The molecule has 0 aliphatic carbocycles.